The third kappa shape index (κ3) is 7.62. The van der Waals surface area contributed by atoms with E-state index < -0.39 is 20.1 Å². The molecule has 0 spiro atoms. The van der Waals surface area contributed by atoms with E-state index in [1.165, 1.54) is 6.07 Å². The van der Waals surface area contributed by atoms with Gasteiger partial charge in [0.25, 0.3) is 0 Å². The Morgan fingerprint density at radius 3 is 2.22 bits per heavy atom. The second kappa shape index (κ2) is 12.8. The van der Waals surface area contributed by atoms with Gasteiger partial charge >= 0.3 is 0 Å². The van der Waals surface area contributed by atoms with Gasteiger partial charge in [0, 0.05) is 10.0 Å². The molecule has 0 N–H and O–H groups in total. The number of ether oxygens (including phenoxy) is 1. The van der Waals surface area contributed by atoms with Gasteiger partial charge in [-0.25, -0.2) is 4.39 Å². The molecule has 4 rings (SSSR count). The molecule has 0 saturated heterocycles. The Morgan fingerprint density at radius 1 is 0.902 bits per heavy atom. The Morgan fingerprint density at radius 2 is 1.59 bits per heavy atom. The highest BCUT2D eigenvalue weighted by Gasteiger charge is 2.37. The minimum atomic E-state index is -2.11. The van der Waals surface area contributed by atoms with Crippen molar-refractivity contribution >= 4 is 30.0 Å². The first-order valence-electron chi connectivity index (χ1n) is 13.8. The highest BCUT2D eigenvalue weighted by molar-refractivity contribution is 9.10. The maximum absolute atomic E-state index is 14.6. The Hall–Kier alpha value is -3.06. The third-order valence-corrected chi connectivity index (χ3v) is 13.0. The summed E-state index contributed by atoms with van der Waals surface area (Å²) in [6.07, 6.45) is 0. The van der Waals surface area contributed by atoms with E-state index >= 15 is 0 Å². The van der Waals surface area contributed by atoms with E-state index in [0.29, 0.717) is 30.1 Å². The summed E-state index contributed by atoms with van der Waals surface area (Å²) in [5.41, 5.74) is 4.44. The van der Waals surface area contributed by atoms with Crippen LogP contribution >= 0.6 is 15.9 Å². The third-order valence-electron chi connectivity index (χ3n) is 7.99. The van der Waals surface area contributed by atoms with Gasteiger partial charge in [0.05, 0.1) is 12.5 Å². The zero-order chi connectivity index (χ0) is 29.8. The van der Waals surface area contributed by atoms with Gasteiger partial charge in [0.1, 0.15) is 18.2 Å². The number of benzene rings is 4. The standard InChI is InChI=1S/C35H38BrFO3Si/c1-24-12-13-27(21-32(24)37)34(38)33(26-14-16-29(36)17-15-26)31-19-18-30(39-22-25-10-8-7-9-11-25)20-28(31)23-40-41(5,6)35(2,3)4/h7-21,33H,22-23H2,1-6H3. The van der Waals surface area contributed by atoms with Crippen LogP contribution in [-0.2, 0) is 17.6 Å². The average molecular weight is 634 g/mol. The van der Waals surface area contributed by atoms with Gasteiger partial charge in [-0.1, -0.05) is 97.4 Å². The van der Waals surface area contributed by atoms with Crippen molar-refractivity contribution in [3.8, 4) is 5.75 Å². The molecule has 0 heterocycles. The quantitative estimate of drug-likeness (QED) is 0.129. The van der Waals surface area contributed by atoms with E-state index in [1.807, 2.05) is 72.8 Å². The molecule has 3 nitrogen and oxygen atoms in total. The summed E-state index contributed by atoms with van der Waals surface area (Å²) >= 11 is 3.51. The molecule has 0 amide bonds. The van der Waals surface area contributed by atoms with E-state index in [0.717, 1.165) is 26.7 Å². The number of carbonyl (C=O) groups excluding carboxylic acids is 1. The SMILES string of the molecule is Cc1ccc(C(=O)C(c2ccc(Br)cc2)c2ccc(OCc3ccccc3)cc2CO[Si](C)(C)C(C)(C)C)cc1F. The van der Waals surface area contributed by atoms with Gasteiger partial charge in [-0.05, 0) is 83.2 Å². The molecule has 0 aliphatic carbocycles. The maximum atomic E-state index is 14.6. The summed E-state index contributed by atoms with van der Waals surface area (Å²) < 4.78 is 28.4. The van der Waals surface area contributed by atoms with Crippen molar-refractivity contribution < 1.29 is 18.3 Å². The second-order valence-corrected chi connectivity index (χ2v) is 17.7. The molecule has 41 heavy (non-hydrogen) atoms. The van der Waals surface area contributed by atoms with E-state index in [4.69, 9.17) is 9.16 Å². The number of halogens is 2. The van der Waals surface area contributed by atoms with Crippen molar-refractivity contribution in [3.63, 3.8) is 0 Å². The highest BCUT2D eigenvalue weighted by Crippen LogP contribution is 2.39. The fourth-order valence-corrected chi connectivity index (χ4v) is 5.55. The lowest BCUT2D eigenvalue weighted by Crippen LogP contribution is -2.40. The van der Waals surface area contributed by atoms with Crippen LogP contribution in [0.25, 0.3) is 0 Å². The molecule has 0 bridgehead atoms. The lowest BCUT2D eigenvalue weighted by atomic mass is 9.82. The molecular formula is C35H38BrFO3Si. The van der Waals surface area contributed by atoms with Crippen LogP contribution in [0.5, 0.6) is 5.75 Å². The molecule has 0 radical (unpaired) electrons. The zero-order valence-corrected chi connectivity index (χ0v) is 27.2. The number of hydrogen-bond acceptors (Lipinski definition) is 3. The van der Waals surface area contributed by atoms with Crippen LogP contribution in [0.1, 0.15) is 64.9 Å². The van der Waals surface area contributed by atoms with E-state index in [2.05, 4.69) is 49.8 Å². The lowest BCUT2D eigenvalue weighted by Gasteiger charge is -2.36. The Bertz CT molecular complexity index is 1490. The minimum absolute atomic E-state index is 0.0228. The van der Waals surface area contributed by atoms with E-state index in [-0.39, 0.29) is 10.8 Å². The molecule has 0 saturated carbocycles. The number of ketones is 1. The molecule has 4 aromatic rings. The summed E-state index contributed by atoms with van der Waals surface area (Å²) in [7, 11) is -2.11. The molecule has 0 aliphatic heterocycles. The molecular weight excluding hydrogens is 595 g/mol. The topological polar surface area (TPSA) is 35.5 Å². The average Bonchev–Trinajstić information content (AvgIpc) is 2.94. The Balaban J connectivity index is 1.79. The molecule has 4 aromatic carbocycles. The largest absolute Gasteiger partial charge is 0.489 e. The normalized spacial score (nSPS) is 12.7. The molecule has 0 fully saturated rings. The molecule has 214 valence electrons. The predicted octanol–water partition coefficient (Wildman–Crippen LogP) is 10.0. The second-order valence-electron chi connectivity index (χ2n) is 12.0. The van der Waals surface area contributed by atoms with Crippen LogP contribution in [-0.4, -0.2) is 14.1 Å². The summed E-state index contributed by atoms with van der Waals surface area (Å²) in [5.74, 6) is -0.504. The lowest BCUT2D eigenvalue weighted by molar-refractivity contribution is 0.0972. The molecule has 0 aromatic heterocycles. The fourth-order valence-electron chi connectivity index (χ4n) is 4.33. The Kier molecular flexibility index (Phi) is 9.68. The smallest absolute Gasteiger partial charge is 0.192 e. The van der Waals surface area contributed by atoms with Crippen molar-refractivity contribution in [3.05, 3.63) is 135 Å². The number of carbonyl (C=O) groups is 1. The van der Waals surface area contributed by atoms with Crippen molar-refractivity contribution in [1.29, 1.82) is 0 Å². The first-order chi connectivity index (χ1) is 19.4. The van der Waals surface area contributed by atoms with Crippen molar-refractivity contribution in [2.24, 2.45) is 0 Å². The van der Waals surface area contributed by atoms with Gasteiger partial charge in [-0.2, -0.15) is 0 Å². The number of hydrogen-bond donors (Lipinski definition) is 0. The summed E-state index contributed by atoms with van der Waals surface area (Å²) in [4.78, 5) is 14.2. The number of Topliss-reactive ketones (excluding diaryl/α,β-unsaturated/α-hetero) is 1. The van der Waals surface area contributed by atoms with Gasteiger partial charge in [0.2, 0.25) is 0 Å². The fraction of sp³-hybridized carbons (Fsp3) is 0.286. The highest BCUT2D eigenvalue weighted by atomic mass is 79.9. The first kappa shape index (κ1) is 30.9. The van der Waals surface area contributed by atoms with Crippen LogP contribution in [0.15, 0.2) is 95.5 Å². The van der Waals surface area contributed by atoms with Gasteiger partial charge < -0.3 is 9.16 Å². The van der Waals surface area contributed by atoms with E-state index in [1.54, 1.807) is 19.1 Å². The van der Waals surface area contributed by atoms with Crippen LogP contribution < -0.4 is 4.74 Å². The van der Waals surface area contributed by atoms with Crippen molar-refractivity contribution in [2.75, 3.05) is 0 Å². The van der Waals surface area contributed by atoms with Crippen molar-refractivity contribution in [2.45, 2.75) is 65.0 Å². The van der Waals surface area contributed by atoms with Gasteiger partial charge in [-0.3, -0.25) is 4.79 Å². The monoisotopic (exact) mass is 632 g/mol. The first-order valence-corrected chi connectivity index (χ1v) is 17.6. The van der Waals surface area contributed by atoms with E-state index in [9.17, 15) is 9.18 Å². The molecule has 1 unspecified atom stereocenters. The summed E-state index contributed by atoms with van der Waals surface area (Å²) in [6, 6.07) is 28.3. The Labute approximate surface area is 253 Å². The molecule has 1 atom stereocenters. The zero-order valence-electron chi connectivity index (χ0n) is 24.6. The van der Waals surface area contributed by atoms with Crippen LogP contribution in [0.4, 0.5) is 4.39 Å². The molecule has 6 heteroatoms. The number of aryl methyl sites for hydroxylation is 1. The van der Waals surface area contributed by atoms with Crippen LogP contribution in [0, 0.1) is 12.7 Å². The summed E-state index contributed by atoms with van der Waals surface area (Å²) in [5, 5.41) is 0.0228. The molecule has 0 aliphatic rings. The number of rotatable bonds is 10. The van der Waals surface area contributed by atoms with Crippen molar-refractivity contribution in [1.82, 2.24) is 0 Å². The predicted molar refractivity (Wildman–Crippen MR) is 171 cm³/mol. The van der Waals surface area contributed by atoms with Gasteiger partial charge in [0.15, 0.2) is 14.1 Å². The summed E-state index contributed by atoms with van der Waals surface area (Å²) in [6.45, 7) is 13.5. The van der Waals surface area contributed by atoms with Gasteiger partial charge in [-0.15, -0.1) is 0 Å². The van der Waals surface area contributed by atoms with Crippen LogP contribution in [0.3, 0.4) is 0 Å². The van der Waals surface area contributed by atoms with Crippen LogP contribution in [0.2, 0.25) is 18.1 Å². The minimum Gasteiger partial charge on any atom is -0.489 e. The maximum Gasteiger partial charge on any atom is 0.192 e.